The topological polar surface area (TPSA) is 83.3 Å². The largest absolute Gasteiger partial charge is 0.467 e. The lowest BCUT2D eigenvalue weighted by atomic mass is 10.2. The molecule has 1 amide bonds. The Labute approximate surface area is 121 Å². The predicted molar refractivity (Wildman–Crippen MR) is 75.6 cm³/mol. The third-order valence-corrected chi connectivity index (χ3v) is 3.80. The van der Waals surface area contributed by atoms with Crippen LogP contribution in [0.3, 0.4) is 0 Å². The first kappa shape index (κ1) is 14.3. The molecule has 0 aliphatic rings. The second-order valence-corrected chi connectivity index (χ2v) is 5.22. The molecule has 0 aromatic carbocycles. The number of amides is 1. The van der Waals surface area contributed by atoms with Crippen molar-refractivity contribution in [2.45, 2.75) is 19.0 Å². The number of hydrogen-bond donors (Lipinski definition) is 1. The van der Waals surface area contributed by atoms with E-state index in [4.69, 9.17) is 15.4 Å². The Kier molecular flexibility index (Phi) is 4.93. The number of nitriles is 1. The molecule has 1 atom stereocenters. The summed E-state index contributed by atoms with van der Waals surface area (Å²) < 4.78 is 5.25. The lowest BCUT2D eigenvalue weighted by molar-refractivity contribution is -0.133. The molecule has 20 heavy (non-hydrogen) atoms. The predicted octanol–water partition coefficient (Wildman–Crippen LogP) is 2.28. The Hall–Kier alpha value is -2.10. The first-order valence-corrected chi connectivity index (χ1v) is 7.07. The summed E-state index contributed by atoms with van der Waals surface area (Å²) in [6.07, 6.45) is 1.82. The molecule has 0 saturated heterocycles. The van der Waals surface area contributed by atoms with Gasteiger partial charge in [-0.25, -0.2) is 0 Å². The standard InChI is InChI=1S/C14H15N3O2S/c15-6-3-7-17(10-11-4-1-8-19-11)14(18)13(16)12-5-2-9-20-12/h1-2,4-5,8-9,13H,3,7,10,16H2. The molecule has 6 heteroatoms. The normalized spacial score (nSPS) is 11.8. The summed E-state index contributed by atoms with van der Waals surface area (Å²) in [6, 6.07) is 8.61. The maximum atomic E-state index is 12.4. The molecule has 2 N–H and O–H groups in total. The van der Waals surface area contributed by atoms with Crippen molar-refractivity contribution in [2.24, 2.45) is 5.73 Å². The van der Waals surface area contributed by atoms with Crippen molar-refractivity contribution >= 4 is 17.2 Å². The minimum Gasteiger partial charge on any atom is -0.467 e. The zero-order chi connectivity index (χ0) is 14.4. The molecule has 0 aliphatic carbocycles. The fourth-order valence-electron chi connectivity index (χ4n) is 1.83. The first-order chi connectivity index (χ1) is 9.72. The Morgan fingerprint density at radius 2 is 2.35 bits per heavy atom. The van der Waals surface area contributed by atoms with Crippen LogP contribution in [0.1, 0.15) is 23.1 Å². The van der Waals surface area contributed by atoms with Crippen LogP contribution in [0, 0.1) is 11.3 Å². The van der Waals surface area contributed by atoms with Crippen LogP contribution in [0.15, 0.2) is 40.3 Å². The van der Waals surface area contributed by atoms with E-state index < -0.39 is 6.04 Å². The van der Waals surface area contributed by atoms with Gasteiger partial charge < -0.3 is 15.1 Å². The van der Waals surface area contributed by atoms with Crippen molar-refractivity contribution in [2.75, 3.05) is 6.54 Å². The number of furan rings is 1. The van der Waals surface area contributed by atoms with Crippen LogP contribution in [-0.4, -0.2) is 17.4 Å². The Morgan fingerprint density at radius 1 is 1.50 bits per heavy atom. The van der Waals surface area contributed by atoms with E-state index in [1.165, 1.54) is 11.3 Å². The molecule has 2 rings (SSSR count). The summed E-state index contributed by atoms with van der Waals surface area (Å²) >= 11 is 1.45. The zero-order valence-electron chi connectivity index (χ0n) is 10.9. The molecule has 2 heterocycles. The van der Waals surface area contributed by atoms with E-state index in [2.05, 4.69) is 0 Å². The minimum absolute atomic E-state index is 0.195. The van der Waals surface area contributed by atoms with E-state index in [1.807, 2.05) is 23.6 Å². The number of nitrogens with zero attached hydrogens (tertiary/aromatic N) is 2. The molecule has 0 saturated carbocycles. The summed E-state index contributed by atoms with van der Waals surface area (Å²) in [5.74, 6) is 0.480. The molecule has 2 aromatic heterocycles. The number of rotatable bonds is 6. The van der Waals surface area contributed by atoms with Crippen molar-refractivity contribution in [3.8, 4) is 6.07 Å². The quantitative estimate of drug-likeness (QED) is 0.884. The highest BCUT2D eigenvalue weighted by molar-refractivity contribution is 7.10. The van der Waals surface area contributed by atoms with Gasteiger partial charge in [-0.05, 0) is 23.6 Å². The second-order valence-electron chi connectivity index (χ2n) is 4.24. The number of carbonyl (C=O) groups is 1. The lowest BCUT2D eigenvalue weighted by Gasteiger charge is -2.23. The van der Waals surface area contributed by atoms with Crippen LogP contribution in [0.25, 0.3) is 0 Å². The van der Waals surface area contributed by atoms with Crippen LogP contribution in [0.5, 0.6) is 0 Å². The third-order valence-electron chi connectivity index (χ3n) is 2.85. The van der Waals surface area contributed by atoms with Gasteiger partial charge in [0, 0.05) is 11.4 Å². The van der Waals surface area contributed by atoms with E-state index in [0.717, 1.165) is 4.88 Å². The third kappa shape index (κ3) is 3.47. The van der Waals surface area contributed by atoms with E-state index >= 15 is 0 Å². The molecular weight excluding hydrogens is 274 g/mol. The van der Waals surface area contributed by atoms with Crippen LogP contribution in [0.2, 0.25) is 0 Å². The highest BCUT2D eigenvalue weighted by Crippen LogP contribution is 2.20. The van der Waals surface area contributed by atoms with Crippen molar-refractivity contribution in [3.05, 3.63) is 46.5 Å². The smallest absolute Gasteiger partial charge is 0.245 e. The minimum atomic E-state index is -0.691. The maximum absolute atomic E-state index is 12.4. The van der Waals surface area contributed by atoms with Crippen molar-refractivity contribution in [1.82, 2.24) is 4.90 Å². The van der Waals surface area contributed by atoms with E-state index in [1.54, 1.807) is 23.3 Å². The zero-order valence-corrected chi connectivity index (χ0v) is 11.7. The van der Waals surface area contributed by atoms with E-state index in [9.17, 15) is 4.79 Å². The van der Waals surface area contributed by atoms with Crippen molar-refractivity contribution < 1.29 is 9.21 Å². The molecule has 0 spiro atoms. The van der Waals surface area contributed by atoms with Crippen LogP contribution >= 0.6 is 11.3 Å². The molecule has 104 valence electrons. The molecule has 5 nitrogen and oxygen atoms in total. The highest BCUT2D eigenvalue weighted by Gasteiger charge is 2.23. The van der Waals surface area contributed by atoms with Gasteiger partial charge in [0.05, 0.1) is 25.3 Å². The fraction of sp³-hybridized carbons (Fsp3) is 0.286. The summed E-state index contributed by atoms with van der Waals surface area (Å²) in [4.78, 5) is 14.8. The van der Waals surface area contributed by atoms with Gasteiger partial charge in [-0.15, -0.1) is 11.3 Å². The van der Waals surface area contributed by atoms with Crippen molar-refractivity contribution in [1.29, 1.82) is 5.26 Å². The van der Waals surface area contributed by atoms with Gasteiger partial charge in [-0.2, -0.15) is 5.26 Å². The summed E-state index contributed by atoms with van der Waals surface area (Å²) in [5, 5.41) is 10.6. The van der Waals surface area contributed by atoms with Crippen LogP contribution < -0.4 is 5.73 Å². The highest BCUT2D eigenvalue weighted by atomic mass is 32.1. The van der Waals surface area contributed by atoms with Crippen LogP contribution in [0.4, 0.5) is 0 Å². The molecule has 0 fully saturated rings. The first-order valence-electron chi connectivity index (χ1n) is 6.19. The van der Waals surface area contributed by atoms with E-state index in [-0.39, 0.29) is 12.3 Å². The van der Waals surface area contributed by atoms with E-state index in [0.29, 0.717) is 18.8 Å². The number of nitrogens with two attached hydrogens (primary N) is 1. The molecule has 0 radical (unpaired) electrons. The number of carbonyl (C=O) groups excluding carboxylic acids is 1. The number of thiophene rings is 1. The lowest BCUT2D eigenvalue weighted by Crippen LogP contribution is -2.38. The average molecular weight is 289 g/mol. The molecule has 1 unspecified atom stereocenters. The average Bonchev–Trinajstić information content (AvgIpc) is 3.14. The monoisotopic (exact) mass is 289 g/mol. The van der Waals surface area contributed by atoms with Crippen LogP contribution in [-0.2, 0) is 11.3 Å². The summed E-state index contributed by atoms with van der Waals surface area (Å²) in [5.41, 5.74) is 5.99. The van der Waals surface area contributed by atoms with Gasteiger partial charge in [-0.1, -0.05) is 6.07 Å². The Bertz CT molecular complexity index is 572. The number of hydrogen-bond acceptors (Lipinski definition) is 5. The Morgan fingerprint density at radius 3 is 2.95 bits per heavy atom. The van der Waals surface area contributed by atoms with Gasteiger partial charge in [-0.3, -0.25) is 4.79 Å². The van der Waals surface area contributed by atoms with Gasteiger partial charge in [0.25, 0.3) is 0 Å². The van der Waals surface area contributed by atoms with Crippen molar-refractivity contribution in [3.63, 3.8) is 0 Å². The fourth-order valence-corrected chi connectivity index (χ4v) is 2.55. The molecule has 0 bridgehead atoms. The molecule has 2 aromatic rings. The second kappa shape index (κ2) is 6.89. The van der Waals surface area contributed by atoms with Gasteiger partial charge in [0.2, 0.25) is 5.91 Å². The maximum Gasteiger partial charge on any atom is 0.245 e. The summed E-state index contributed by atoms with van der Waals surface area (Å²) in [6.45, 7) is 0.668. The Balaban J connectivity index is 2.09. The van der Waals surface area contributed by atoms with Gasteiger partial charge in [0.15, 0.2) is 0 Å². The van der Waals surface area contributed by atoms with Gasteiger partial charge >= 0.3 is 0 Å². The molecular formula is C14H15N3O2S. The summed E-state index contributed by atoms with van der Waals surface area (Å²) in [7, 11) is 0. The SMILES string of the molecule is N#CCCN(Cc1ccco1)C(=O)C(N)c1cccs1. The van der Waals surface area contributed by atoms with Gasteiger partial charge in [0.1, 0.15) is 11.8 Å². The molecule has 0 aliphatic heterocycles.